The third-order valence-electron chi connectivity index (χ3n) is 5.00. The Morgan fingerprint density at radius 1 is 1.07 bits per heavy atom. The Morgan fingerprint density at radius 3 is 2.63 bits per heavy atom. The van der Waals surface area contributed by atoms with E-state index >= 15 is 0 Å². The van der Waals surface area contributed by atoms with Crippen molar-refractivity contribution in [2.45, 2.75) is 5.41 Å². The lowest BCUT2D eigenvalue weighted by Gasteiger charge is -2.31. The summed E-state index contributed by atoms with van der Waals surface area (Å²) in [4.78, 5) is 26.6. The summed E-state index contributed by atoms with van der Waals surface area (Å²) < 4.78 is 11.2. The number of carbonyl (C=O) groups excluding carboxylic acids is 1. The van der Waals surface area contributed by atoms with Crippen molar-refractivity contribution in [3.8, 4) is 12.0 Å². The van der Waals surface area contributed by atoms with Gasteiger partial charge in [-0.3, -0.25) is 9.59 Å². The number of benzene rings is 2. The van der Waals surface area contributed by atoms with Crippen LogP contribution in [0.15, 0.2) is 69.2 Å². The Bertz CT molecular complexity index is 1300. The first kappa shape index (κ1) is 15.2. The monoisotopic (exact) mass is 357 g/mol. The lowest BCUT2D eigenvalue weighted by atomic mass is 9.69. The smallest absolute Gasteiger partial charge is 0.300 e. The number of hydrogen-bond donors (Lipinski definition) is 2. The second-order valence-electron chi connectivity index (χ2n) is 6.29. The number of rotatable bonds is 0. The molecular weight excluding hydrogens is 346 g/mol. The topological polar surface area (TPSA) is 118 Å². The molecule has 0 radical (unpaired) electrons. The van der Waals surface area contributed by atoms with Crippen LogP contribution in [-0.2, 0) is 10.2 Å². The first-order valence-electron chi connectivity index (χ1n) is 8.14. The fraction of sp³-hybridized carbons (Fsp3) is 0.0500. The van der Waals surface area contributed by atoms with E-state index in [4.69, 9.17) is 14.9 Å². The molecule has 7 nitrogen and oxygen atoms in total. The van der Waals surface area contributed by atoms with Crippen molar-refractivity contribution in [1.29, 1.82) is 5.26 Å². The van der Waals surface area contributed by atoms with Gasteiger partial charge < -0.3 is 20.2 Å². The van der Waals surface area contributed by atoms with Crippen LogP contribution < -0.4 is 21.2 Å². The van der Waals surface area contributed by atoms with Crippen LogP contribution >= 0.6 is 0 Å². The quantitative estimate of drug-likeness (QED) is 0.636. The van der Waals surface area contributed by atoms with E-state index in [9.17, 15) is 14.9 Å². The van der Waals surface area contributed by atoms with Crippen LogP contribution in [0.4, 0.5) is 5.69 Å². The van der Waals surface area contributed by atoms with Crippen LogP contribution in [0.2, 0.25) is 0 Å². The molecule has 0 saturated carbocycles. The van der Waals surface area contributed by atoms with Gasteiger partial charge in [-0.25, -0.2) is 0 Å². The number of nitrogens with one attached hydrogen (secondary N) is 1. The normalized spacial score (nSPS) is 20.0. The van der Waals surface area contributed by atoms with Crippen molar-refractivity contribution < 1.29 is 13.9 Å². The maximum absolute atomic E-state index is 13.4. The van der Waals surface area contributed by atoms with E-state index in [2.05, 4.69) is 5.32 Å². The van der Waals surface area contributed by atoms with Gasteiger partial charge in [-0.1, -0.05) is 30.3 Å². The Hall–Kier alpha value is -4.05. The van der Waals surface area contributed by atoms with Crippen molar-refractivity contribution in [3.05, 3.63) is 81.3 Å². The number of anilines is 1. The summed E-state index contributed by atoms with van der Waals surface area (Å²) in [7, 11) is 0. The molecule has 0 fully saturated rings. The van der Waals surface area contributed by atoms with Gasteiger partial charge in [0.1, 0.15) is 22.8 Å². The number of nitriles is 1. The summed E-state index contributed by atoms with van der Waals surface area (Å²) in [6.45, 7) is 0. The number of carbonyl (C=O) groups is 1. The number of hydrogen-bond acceptors (Lipinski definition) is 6. The SMILES string of the molecule is N#CC1=C(N)Oc2oc3ccccc3c(=O)c2C12C(=O)Nc1ccccc12. The highest BCUT2D eigenvalue weighted by molar-refractivity contribution is 6.12. The van der Waals surface area contributed by atoms with E-state index in [1.165, 1.54) is 0 Å². The maximum atomic E-state index is 13.4. The second kappa shape index (κ2) is 4.99. The number of amides is 1. The third-order valence-corrected chi connectivity index (χ3v) is 5.00. The highest BCUT2D eigenvalue weighted by Crippen LogP contribution is 2.52. The van der Waals surface area contributed by atoms with E-state index in [1.807, 2.05) is 6.07 Å². The van der Waals surface area contributed by atoms with Gasteiger partial charge in [0.15, 0.2) is 5.41 Å². The third kappa shape index (κ3) is 1.69. The van der Waals surface area contributed by atoms with Crippen molar-refractivity contribution in [1.82, 2.24) is 0 Å². The summed E-state index contributed by atoms with van der Waals surface area (Å²) in [5, 5.41) is 12.8. The molecule has 3 heterocycles. The summed E-state index contributed by atoms with van der Waals surface area (Å²) in [6.07, 6.45) is 0. The number of ether oxygens (including phenoxy) is 1. The Morgan fingerprint density at radius 2 is 1.81 bits per heavy atom. The van der Waals surface area contributed by atoms with E-state index < -0.39 is 16.8 Å². The largest absolute Gasteiger partial charge is 0.425 e. The van der Waals surface area contributed by atoms with Gasteiger partial charge in [0.05, 0.1) is 5.39 Å². The average molecular weight is 357 g/mol. The molecule has 3 aromatic rings. The molecule has 27 heavy (non-hydrogen) atoms. The van der Waals surface area contributed by atoms with Gasteiger partial charge in [0.25, 0.3) is 0 Å². The fourth-order valence-corrected chi connectivity index (χ4v) is 3.87. The minimum Gasteiger partial charge on any atom is -0.425 e. The van der Waals surface area contributed by atoms with Gasteiger partial charge in [-0.15, -0.1) is 0 Å². The second-order valence-corrected chi connectivity index (χ2v) is 6.29. The summed E-state index contributed by atoms with van der Waals surface area (Å²) >= 11 is 0. The minimum absolute atomic E-state index is 0.0469. The molecule has 1 amide bonds. The van der Waals surface area contributed by atoms with Crippen molar-refractivity contribution in [2.75, 3.05) is 5.32 Å². The van der Waals surface area contributed by atoms with Gasteiger partial charge in [0.2, 0.25) is 17.2 Å². The Kier molecular flexibility index (Phi) is 2.81. The van der Waals surface area contributed by atoms with E-state index in [0.29, 0.717) is 16.8 Å². The van der Waals surface area contributed by atoms with Crippen LogP contribution in [0.25, 0.3) is 11.0 Å². The van der Waals surface area contributed by atoms with E-state index in [-0.39, 0.29) is 28.4 Å². The predicted molar refractivity (Wildman–Crippen MR) is 95.8 cm³/mol. The first-order valence-corrected chi connectivity index (χ1v) is 8.14. The molecule has 0 saturated heterocycles. The molecule has 7 heteroatoms. The Balaban J connectivity index is 2.02. The number of para-hydroxylation sites is 2. The van der Waals surface area contributed by atoms with Crippen LogP contribution in [0.3, 0.4) is 0 Å². The number of nitrogens with zero attached hydrogens (tertiary/aromatic N) is 1. The van der Waals surface area contributed by atoms with Crippen LogP contribution in [-0.4, -0.2) is 5.91 Å². The van der Waals surface area contributed by atoms with Gasteiger partial charge in [0, 0.05) is 11.3 Å². The molecule has 0 aliphatic carbocycles. The zero-order chi connectivity index (χ0) is 18.8. The van der Waals surface area contributed by atoms with Gasteiger partial charge in [-0.2, -0.15) is 5.26 Å². The molecule has 0 bridgehead atoms. The molecule has 1 spiro atoms. The van der Waals surface area contributed by atoms with Crippen molar-refractivity contribution >= 4 is 22.6 Å². The Labute approximate surface area is 152 Å². The molecule has 130 valence electrons. The van der Waals surface area contributed by atoms with Crippen molar-refractivity contribution in [3.63, 3.8) is 0 Å². The fourth-order valence-electron chi connectivity index (χ4n) is 3.87. The summed E-state index contributed by atoms with van der Waals surface area (Å²) in [5.74, 6) is -0.993. The van der Waals surface area contributed by atoms with Crippen molar-refractivity contribution in [2.24, 2.45) is 5.73 Å². The molecule has 3 N–H and O–H groups in total. The van der Waals surface area contributed by atoms with Crippen LogP contribution in [0.5, 0.6) is 5.95 Å². The molecule has 2 aliphatic rings. The maximum Gasteiger partial charge on any atom is 0.300 e. The van der Waals surface area contributed by atoms with E-state index in [1.54, 1.807) is 48.5 Å². The zero-order valence-electron chi connectivity index (χ0n) is 13.8. The molecule has 1 unspecified atom stereocenters. The lowest BCUT2D eigenvalue weighted by Crippen LogP contribution is -2.45. The van der Waals surface area contributed by atoms with Crippen LogP contribution in [0.1, 0.15) is 11.1 Å². The first-order chi connectivity index (χ1) is 13.1. The summed E-state index contributed by atoms with van der Waals surface area (Å²) in [6, 6.07) is 15.4. The molecule has 1 atom stereocenters. The molecule has 2 aliphatic heterocycles. The molecule has 1 aromatic heterocycles. The molecule has 5 rings (SSSR count). The highest BCUT2D eigenvalue weighted by Gasteiger charge is 2.58. The van der Waals surface area contributed by atoms with Crippen LogP contribution in [0, 0.1) is 11.3 Å². The number of nitrogens with two attached hydrogens (primary N) is 1. The van der Waals surface area contributed by atoms with Gasteiger partial charge >= 0.3 is 5.95 Å². The van der Waals surface area contributed by atoms with Gasteiger partial charge in [-0.05, 0) is 18.2 Å². The molecular formula is C20H11N3O4. The minimum atomic E-state index is -1.71. The zero-order valence-corrected chi connectivity index (χ0v) is 13.8. The average Bonchev–Trinajstić information content (AvgIpc) is 2.95. The highest BCUT2D eigenvalue weighted by atomic mass is 16.6. The number of fused-ring (bicyclic) bond motifs is 5. The predicted octanol–water partition coefficient (Wildman–Crippen LogP) is 2.12. The summed E-state index contributed by atoms with van der Waals surface area (Å²) in [5.41, 5.74) is 4.88. The lowest BCUT2D eigenvalue weighted by molar-refractivity contribution is -0.118. The standard InChI is InChI=1S/C20H11N3O4/c21-9-12-17(22)27-18-15(16(24)10-5-1-4-8-14(10)26-18)20(12)11-6-2-3-7-13(11)23-19(20)25/h1-8H,22H2,(H,23,25). The van der Waals surface area contributed by atoms with E-state index in [0.717, 1.165) is 0 Å². The molecule has 2 aromatic carbocycles.